The van der Waals surface area contributed by atoms with Crippen LogP contribution in [0.25, 0.3) is 10.6 Å². The van der Waals surface area contributed by atoms with Crippen molar-refractivity contribution >= 4 is 23.2 Å². The number of aryl methyl sites for hydroxylation is 1. The SMILES string of the molecule is COc1cc(C(=O)NNC(=O)c2csc(-c3cnn(C)c3)n2)ccc1OCCC(C)C. The number of methoxy groups -OCH3 is 1. The van der Waals surface area contributed by atoms with E-state index in [2.05, 4.69) is 34.8 Å². The molecule has 9 nitrogen and oxygen atoms in total. The van der Waals surface area contributed by atoms with Crippen LogP contribution in [0.3, 0.4) is 0 Å². The highest BCUT2D eigenvalue weighted by molar-refractivity contribution is 7.13. The molecule has 3 rings (SSSR count). The molecule has 31 heavy (non-hydrogen) atoms. The first-order valence-corrected chi connectivity index (χ1v) is 10.6. The molecule has 0 aliphatic heterocycles. The lowest BCUT2D eigenvalue weighted by Crippen LogP contribution is -2.41. The van der Waals surface area contributed by atoms with Crippen molar-refractivity contribution in [3.05, 3.63) is 47.2 Å². The van der Waals surface area contributed by atoms with Crippen LogP contribution in [-0.4, -0.2) is 40.3 Å². The summed E-state index contributed by atoms with van der Waals surface area (Å²) in [6.07, 6.45) is 4.40. The Bertz CT molecular complexity index is 1060. The third-order valence-corrected chi connectivity index (χ3v) is 5.25. The molecule has 3 aromatic rings. The quantitative estimate of drug-likeness (QED) is 0.518. The number of nitrogens with one attached hydrogen (secondary N) is 2. The number of carbonyl (C=O) groups is 2. The molecule has 0 saturated heterocycles. The lowest BCUT2D eigenvalue weighted by molar-refractivity contribution is 0.0844. The Morgan fingerprint density at radius 2 is 1.97 bits per heavy atom. The van der Waals surface area contributed by atoms with E-state index in [1.807, 2.05) is 6.20 Å². The van der Waals surface area contributed by atoms with Crippen molar-refractivity contribution < 1.29 is 19.1 Å². The monoisotopic (exact) mass is 443 g/mol. The maximum Gasteiger partial charge on any atom is 0.289 e. The van der Waals surface area contributed by atoms with E-state index in [1.165, 1.54) is 18.4 Å². The van der Waals surface area contributed by atoms with Crippen molar-refractivity contribution in [1.29, 1.82) is 0 Å². The smallest absolute Gasteiger partial charge is 0.289 e. The molecule has 2 heterocycles. The first-order chi connectivity index (χ1) is 14.9. The number of nitrogens with zero attached hydrogens (tertiary/aromatic N) is 3. The van der Waals surface area contributed by atoms with Crippen LogP contribution in [0.2, 0.25) is 0 Å². The van der Waals surface area contributed by atoms with Gasteiger partial charge in [0.2, 0.25) is 0 Å². The Balaban J connectivity index is 1.58. The van der Waals surface area contributed by atoms with E-state index in [4.69, 9.17) is 9.47 Å². The molecule has 2 N–H and O–H groups in total. The molecule has 0 fully saturated rings. The van der Waals surface area contributed by atoms with Crippen LogP contribution in [0.5, 0.6) is 11.5 Å². The fourth-order valence-electron chi connectivity index (χ4n) is 2.62. The summed E-state index contributed by atoms with van der Waals surface area (Å²) in [6, 6.07) is 4.85. The molecule has 2 amide bonds. The van der Waals surface area contributed by atoms with Gasteiger partial charge in [-0.1, -0.05) is 13.8 Å². The Morgan fingerprint density at radius 3 is 2.65 bits per heavy atom. The molecule has 0 spiro atoms. The van der Waals surface area contributed by atoms with Crippen LogP contribution in [0.4, 0.5) is 0 Å². The van der Waals surface area contributed by atoms with E-state index in [1.54, 1.807) is 41.5 Å². The van der Waals surface area contributed by atoms with Crippen LogP contribution in [0, 0.1) is 5.92 Å². The van der Waals surface area contributed by atoms with Gasteiger partial charge in [-0.15, -0.1) is 11.3 Å². The van der Waals surface area contributed by atoms with Crippen molar-refractivity contribution in [3.63, 3.8) is 0 Å². The lowest BCUT2D eigenvalue weighted by Gasteiger charge is -2.13. The van der Waals surface area contributed by atoms with Gasteiger partial charge in [0.15, 0.2) is 11.5 Å². The first kappa shape index (κ1) is 22.3. The minimum Gasteiger partial charge on any atom is -0.493 e. The van der Waals surface area contributed by atoms with Crippen LogP contribution >= 0.6 is 11.3 Å². The third kappa shape index (κ3) is 5.82. The van der Waals surface area contributed by atoms with Gasteiger partial charge in [-0.2, -0.15) is 5.10 Å². The highest BCUT2D eigenvalue weighted by Crippen LogP contribution is 2.28. The van der Waals surface area contributed by atoms with Crippen LogP contribution < -0.4 is 20.3 Å². The van der Waals surface area contributed by atoms with Gasteiger partial charge < -0.3 is 9.47 Å². The van der Waals surface area contributed by atoms with Crippen molar-refractivity contribution in [2.45, 2.75) is 20.3 Å². The van der Waals surface area contributed by atoms with Gasteiger partial charge in [0.25, 0.3) is 11.8 Å². The molecule has 164 valence electrons. The summed E-state index contributed by atoms with van der Waals surface area (Å²) in [5, 5.41) is 6.38. The molecule has 0 saturated carbocycles. The van der Waals surface area contributed by atoms with Crippen LogP contribution in [-0.2, 0) is 7.05 Å². The zero-order valence-electron chi connectivity index (χ0n) is 17.8. The van der Waals surface area contributed by atoms with Crippen molar-refractivity contribution in [2.75, 3.05) is 13.7 Å². The van der Waals surface area contributed by atoms with Gasteiger partial charge in [-0.25, -0.2) is 4.98 Å². The fraction of sp³-hybridized carbons (Fsp3) is 0.333. The summed E-state index contributed by atoms with van der Waals surface area (Å²) in [4.78, 5) is 29.1. The number of amides is 2. The second-order valence-electron chi connectivity index (χ2n) is 7.25. The van der Waals surface area contributed by atoms with Gasteiger partial charge >= 0.3 is 0 Å². The molecule has 10 heteroatoms. The van der Waals surface area contributed by atoms with Gasteiger partial charge in [0.05, 0.1) is 19.9 Å². The Morgan fingerprint density at radius 1 is 1.19 bits per heavy atom. The van der Waals surface area contributed by atoms with Gasteiger partial charge in [0, 0.05) is 29.8 Å². The predicted octanol–water partition coefficient (Wildman–Crippen LogP) is 3.05. The normalized spacial score (nSPS) is 10.7. The van der Waals surface area contributed by atoms with E-state index in [-0.39, 0.29) is 5.69 Å². The number of hydrogen-bond donors (Lipinski definition) is 2. The maximum atomic E-state index is 12.4. The van der Waals surface area contributed by atoms with E-state index in [0.29, 0.717) is 34.6 Å². The van der Waals surface area contributed by atoms with Gasteiger partial charge in [-0.05, 0) is 30.5 Å². The van der Waals surface area contributed by atoms with Crippen LogP contribution in [0.1, 0.15) is 41.1 Å². The number of thiazole rings is 1. The van der Waals surface area contributed by atoms with Crippen molar-refractivity contribution in [1.82, 2.24) is 25.6 Å². The molecule has 0 unspecified atom stereocenters. The number of hydrazine groups is 1. The Hall–Kier alpha value is -3.40. The van der Waals surface area contributed by atoms with Crippen LogP contribution in [0.15, 0.2) is 36.0 Å². The minimum absolute atomic E-state index is 0.204. The Labute approximate surface area is 184 Å². The number of aromatic nitrogens is 3. The largest absolute Gasteiger partial charge is 0.493 e. The summed E-state index contributed by atoms with van der Waals surface area (Å²) in [5.41, 5.74) is 6.12. The van der Waals surface area contributed by atoms with E-state index in [0.717, 1.165) is 12.0 Å². The molecular weight excluding hydrogens is 418 g/mol. The zero-order chi connectivity index (χ0) is 22.4. The summed E-state index contributed by atoms with van der Waals surface area (Å²) in [7, 11) is 3.32. The van der Waals surface area contributed by atoms with Crippen molar-refractivity contribution in [2.24, 2.45) is 13.0 Å². The molecule has 0 radical (unpaired) electrons. The summed E-state index contributed by atoms with van der Waals surface area (Å²) >= 11 is 1.32. The van der Waals surface area contributed by atoms with E-state index in [9.17, 15) is 9.59 Å². The standard InChI is InChI=1S/C21H25N5O4S/c1-13(2)7-8-30-17-6-5-14(9-18(17)29-4)19(27)24-25-20(28)16-12-31-21(23-16)15-10-22-26(3)11-15/h5-6,9-13H,7-8H2,1-4H3,(H,24,27)(H,25,28). The topological polar surface area (TPSA) is 107 Å². The van der Waals surface area contributed by atoms with Crippen molar-refractivity contribution in [3.8, 4) is 22.1 Å². The van der Waals surface area contributed by atoms with Gasteiger partial charge in [0.1, 0.15) is 10.7 Å². The molecular formula is C21H25N5O4S. The molecule has 0 bridgehead atoms. The first-order valence-electron chi connectivity index (χ1n) is 9.73. The number of carbonyl (C=O) groups excluding carboxylic acids is 2. The van der Waals surface area contributed by atoms with Gasteiger partial charge in [-0.3, -0.25) is 25.1 Å². The average molecular weight is 444 g/mol. The summed E-state index contributed by atoms with van der Waals surface area (Å²) < 4.78 is 12.7. The summed E-state index contributed by atoms with van der Waals surface area (Å²) in [5.74, 6) is 0.540. The number of ether oxygens (including phenoxy) is 2. The molecule has 0 aliphatic rings. The molecule has 0 aliphatic carbocycles. The highest BCUT2D eigenvalue weighted by atomic mass is 32.1. The molecule has 1 aromatic carbocycles. The molecule has 2 aromatic heterocycles. The predicted molar refractivity (Wildman–Crippen MR) is 117 cm³/mol. The number of hydrogen-bond acceptors (Lipinski definition) is 7. The maximum absolute atomic E-state index is 12.4. The minimum atomic E-state index is -0.514. The summed E-state index contributed by atoms with van der Waals surface area (Å²) in [6.45, 7) is 4.80. The second kappa shape index (κ2) is 10.1. The molecule has 0 atom stereocenters. The number of benzene rings is 1. The fourth-order valence-corrected chi connectivity index (χ4v) is 3.40. The second-order valence-corrected chi connectivity index (χ2v) is 8.10. The highest BCUT2D eigenvalue weighted by Gasteiger charge is 2.15. The lowest BCUT2D eigenvalue weighted by atomic mass is 10.1. The number of rotatable bonds is 8. The third-order valence-electron chi connectivity index (χ3n) is 4.36. The zero-order valence-corrected chi connectivity index (χ0v) is 18.7. The van der Waals surface area contributed by atoms with E-state index < -0.39 is 11.8 Å². The average Bonchev–Trinajstić information content (AvgIpc) is 3.40. The Kier molecular flexibility index (Phi) is 7.24. The van der Waals surface area contributed by atoms with E-state index >= 15 is 0 Å².